The van der Waals surface area contributed by atoms with Crippen LogP contribution in [0.25, 0.3) is 0 Å². The quantitative estimate of drug-likeness (QED) is 0.902. The van der Waals surface area contributed by atoms with E-state index in [1.807, 2.05) is 37.3 Å². The molecule has 0 saturated heterocycles. The lowest BCUT2D eigenvalue weighted by Gasteiger charge is -2.26. The van der Waals surface area contributed by atoms with E-state index >= 15 is 0 Å². The van der Waals surface area contributed by atoms with Gasteiger partial charge in [-0.1, -0.05) is 36.7 Å². The van der Waals surface area contributed by atoms with Crippen LogP contribution in [0.4, 0.5) is 0 Å². The third kappa shape index (κ3) is 2.33. The summed E-state index contributed by atoms with van der Waals surface area (Å²) in [6.45, 7) is 1.93. The SMILES string of the molecule is CCC(O)(c1ccc(Cl)cc1)c1ccccn1. The number of nitrogens with zero attached hydrogens (tertiary/aromatic N) is 1. The first kappa shape index (κ1) is 12.1. The predicted molar refractivity (Wildman–Crippen MR) is 69.0 cm³/mol. The fourth-order valence-corrected chi connectivity index (χ4v) is 1.99. The molecular formula is C14H14ClNO. The molecule has 1 atom stereocenters. The molecule has 0 radical (unpaired) electrons. The molecule has 0 saturated carbocycles. The molecule has 0 bridgehead atoms. The lowest BCUT2D eigenvalue weighted by molar-refractivity contribution is 0.0719. The van der Waals surface area contributed by atoms with Gasteiger partial charge in [0.15, 0.2) is 0 Å². The van der Waals surface area contributed by atoms with E-state index in [2.05, 4.69) is 4.98 Å². The maximum absolute atomic E-state index is 10.7. The summed E-state index contributed by atoms with van der Waals surface area (Å²) in [5, 5.41) is 11.4. The van der Waals surface area contributed by atoms with E-state index in [1.54, 1.807) is 18.3 Å². The van der Waals surface area contributed by atoms with Crippen LogP contribution in [0, 0.1) is 0 Å². The molecule has 88 valence electrons. The summed E-state index contributed by atoms with van der Waals surface area (Å²) in [6.07, 6.45) is 2.25. The van der Waals surface area contributed by atoms with Crippen LogP contribution < -0.4 is 0 Å². The minimum Gasteiger partial charge on any atom is -0.379 e. The van der Waals surface area contributed by atoms with Crippen molar-refractivity contribution in [3.8, 4) is 0 Å². The van der Waals surface area contributed by atoms with Gasteiger partial charge in [-0.25, -0.2) is 0 Å². The number of hydrogen-bond donors (Lipinski definition) is 1. The molecule has 1 aromatic heterocycles. The zero-order valence-corrected chi connectivity index (χ0v) is 10.4. The van der Waals surface area contributed by atoms with E-state index in [0.29, 0.717) is 17.1 Å². The van der Waals surface area contributed by atoms with E-state index in [4.69, 9.17) is 11.6 Å². The third-order valence-corrected chi connectivity index (χ3v) is 3.17. The Morgan fingerprint density at radius 3 is 2.41 bits per heavy atom. The van der Waals surface area contributed by atoms with Crippen molar-refractivity contribution in [1.82, 2.24) is 4.98 Å². The van der Waals surface area contributed by atoms with E-state index in [-0.39, 0.29) is 0 Å². The van der Waals surface area contributed by atoms with Gasteiger partial charge in [0.25, 0.3) is 0 Å². The van der Waals surface area contributed by atoms with Crippen molar-refractivity contribution in [2.45, 2.75) is 18.9 Å². The van der Waals surface area contributed by atoms with E-state index in [9.17, 15) is 5.11 Å². The largest absolute Gasteiger partial charge is 0.379 e. The zero-order chi connectivity index (χ0) is 12.3. The van der Waals surface area contributed by atoms with Crippen LogP contribution in [0.3, 0.4) is 0 Å². The molecule has 2 nitrogen and oxygen atoms in total. The fraction of sp³-hybridized carbons (Fsp3) is 0.214. The number of pyridine rings is 1. The van der Waals surface area contributed by atoms with Crippen molar-refractivity contribution in [2.24, 2.45) is 0 Å². The first-order valence-electron chi connectivity index (χ1n) is 5.57. The number of benzene rings is 1. The maximum Gasteiger partial charge on any atom is 0.131 e. The van der Waals surface area contributed by atoms with Gasteiger partial charge >= 0.3 is 0 Å². The molecule has 0 spiro atoms. The number of hydrogen-bond acceptors (Lipinski definition) is 2. The van der Waals surface area contributed by atoms with Crippen molar-refractivity contribution in [3.05, 3.63) is 64.9 Å². The van der Waals surface area contributed by atoms with Crippen LogP contribution in [0.1, 0.15) is 24.6 Å². The highest BCUT2D eigenvalue weighted by atomic mass is 35.5. The Kier molecular flexibility index (Phi) is 3.46. The Bertz CT molecular complexity index is 483. The van der Waals surface area contributed by atoms with Crippen molar-refractivity contribution < 1.29 is 5.11 Å². The molecule has 3 heteroatoms. The highest BCUT2D eigenvalue weighted by Gasteiger charge is 2.30. The second kappa shape index (κ2) is 4.86. The highest BCUT2D eigenvalue weighted by Crippen LogP contribution is 2.31. The van der Waals surface area contributed by atoms with Crippen LogP contribution in [0.15, 0.2) is 48.7 Å². The van der Waals surface area contributed by atoms with Gasteiger partial charge in [-0.05, 0) is 36.2 Å². The molecule has 0 aliphatic heterocycles. The highest BCUT2D eigenvalue weighted by molar-refractivity contribution is 6.30. The van der Waals surface area contributed by atoms with Gasteiger partial charge in [0.1, 0.15) is 5.60 Å². The predicted octanol–water partition coefficient (Wildman–Crippen LogP) is 3.38. The fourth-order valence-electron chi connectivity index (χ4n) is 1.87. The van der Waals surface area contributed by atoms with Gasteiger partial charge in [0.2, 0.25) is 0 Å². The van der Waals surface area contributed by atoms with Crippen LogP contribution in [-0.4, -0.2) is 10.1 Å². The number of rotatable bonds is 3. The average Bonchev–Trinajstić information content (AvgIpc) is 2.40. The van der Waals surface area contributed by atoms with Crippen LogP contribution in [0.2, 0.25) is 5.02 Å². The second-order valence-electron chi connectivity index (χ2n) is 3.94. The molecule has 2 aromatic rings. The molecule has 1 unspecified atom stereocenters. The Labute approximate surface area is 106 Å². The van der Waals surface area contributed by atoms with Crippen LogP contribution in [-0.2, 0) is 5.60 Å². The van der Waals surface area contributed by atoms with Crippen LogP contribution >= 0.6 is 11.6 Å². The standard InChI is InChI=1S/C14H14ClNO/c1-2-14(17,13-5-3-4-10-16-13)11-6-8-12(15)9-7-11/h3-10,17H,2H2,1H3. The van der Waals surface area contributed by atoms with Crippen molar-refractivity contribution in [1.29, 1.82) is 0 Å². The van der Waals surface area contributed by atoms with Gasteiger partial charge in [0.05, 0.1) is 5.69 Å². The minimum absolute atomic E-state index is 0.561. The lowest BCUT2D eigenvalue weighted by Crippen LogP contribution is -2.27. The third-order valence-electron chi connectivity index (χ3n) is 2.92. The van der Waals surface area contributed by atoms with Gasteiger partial charge in [-0.3, -0.25) is 4.98 Å². The molecule has 17 heavy (non-hydrogen) atoms. The molecular weight excluding hydrogens is 234 g/mol. The second-order valence-corrected chi connectivity index (χ2v) is 4.37. The van der Waals surface area contributed by atoms with Crippen LogP contribution in [0.5, 0.6) is 0 Å². The van der Waals surface area contributed by atoms with Gasteiger partial charge < -0.3 is 5.11 Å². The number of aliphatic hydroxyl groups is 1. The first-order valence-corrected chi connectivity index (χ1v) is 5.94. The van der Waals surface area contributed by atoms with Gasteiger partial charge in [-0.2, -0.15) is 0 Å². The molecule has 1 N–H and O–H groups in total. The van der Waals surface area contributed by atoms with E-state index in [1.165, 1.54) is 0 Å². The lowest BCUT2D eigenvalue weighted by atomic mass is 9.87. The number of aromatic nitrogens is 1. The van der Waals surface area contributed by atoms with E-state index in [0.717, 1.165) is 5.56 Å². The summed E-state index contributed by atoms with van der Waals surface area (Å²) in [5.74, 6) is 0. The Morgan fingerprint density at radius 2 is 1.88 bits per heavy atom. The van der Waals surface area contributed by atoms with E-state index < -0.39 is 5.60 Å². The molecule has 2 rings (SSSR count). The Hall–Kier alpha value is -1.38. The van der Waals surface area contributed by atoms with Crippen molar-refractivity contribution >= 4 is 11.6 Å². The maximum atomic E-state index is 10.7. The summed E-state index contributed by atoms with van der Waals surface area (Å²) in [5.41, 5.74) is 0.416. The molecule has 0 amide bonds. The average molecular weight is 248 g/mol. The van der Waals surface area contributed by atoms with Crippen molar-refractivity contribution in [3.63, 3.8) is 0 Å². The summed E-state index contributed by atoms with van der Waals surface area (Å²) in [6, 6.07) is 12.8. The summed E-state index contributed by atoms with van der Waals surface area (Å²) in [7, 11) is 0. The first-order chi connectivity index (χ1) is 8.16. The summed E-state index contributed by atoms with van der Waals surface area (Å²) >= 11 is 5.85. The molecule has 1 aromatic carbocycles. The normalized spacial score (nSPS) is 14.3. The molecule has 0 aliphatic rings. The monoisotopic (exact) mass is 247 g/mol. The summed E-state index contributed by atoms with van der Waals surface area (Å²) in [4.78, 5) is 4.24. The smallest absolute Gasteiger partial charge is 0.131 e. The minimum atomic E-state index is -1.05. The zero-order valence-electron chi connectivity index (χ0n) is 9.60. The van der Waals surface area contributed by atoms with Crippen molar-refractivity contribution in [2.75, 3.05) is 0 Å². The van der Waals surface area contributed by atoms with Gasteiger partial charge in [0, 0.05) is 11.2 Å². The molecule has 1 heterocycles. The summed E-state index contributed by atoms with van der Waals surface area (Å²) < 4.78 is 0. The number of halogens is 1. The topological polar surface area (TPSA) is 33.1 Å². The van der Waals surface area contributed by atoms with Gasteiger partial charge in [-0.15, -0.1) is 0 Å². The molecule has 0 aliphatic carbocycles. The Morgan fingerprint density at radius 1 is 1.18 bits per heavy atom. The molecule has 0 fully saturated rings. The Balaban J connectivity index is 2.48.